The van der Waals surface area contributed by atoms with Crippen LogP contribution >= 0.6 is 10.0 Å². The standard InChI is InChI=1S/C30H32N2O4.Al.ClH/c33-29-23(19-31-9-13-35-14-10-31)17-21-5-1-3-7-25(21)27(29)28-26-8-4-2-6-22(26)18-24(30(28)34)20-32-11-15-36-16-12-32;;/h1-8,17-18,33-34H,9-16,19-20H2;;1H/q;+3;/p-3. The van der Waals surface area contributed by atoms with Crippen LogP contribution in [0.25, 0.3) is 32.7 Å². The van der Waals surface area contributed by atoms with E-state index in [1.54, 1.807) is 0 Å². The van der Waals surface area contributed by atoms with Crippen LogP contribution < -0.4 is 7.58 Å². The minimum atomic E-state index is -2.56. The van der Waals surface area contributed by atoms with Gasteiger partial charge in [0, 0.05) is 61.5 Å². The first-order valence-electron chi connectivity index (χ1n) is 13.4. The number of halogens is 1. The molecular formula is C30H30AlClN2O4. The first-order valence-corrected chi connectivity index (χ1v) is 16.1. The molecule has 0 saturated carbocycles. The highest BCUT2D eigenvalue weighted by atomic mass is 35.6. The molecule has 0 N–H and O–H groups in total. The van der Waals surface area contributed by atoms with Gasteiger partial charge in [-0.1, -0.05) is 48.5 Å². The lowest BCUT2D eigenvalue weighted by Gasteiger charge is -2.29. The van der Waals surface area contributed by atoms with Crippen LogP contribution in [-0.2, 0) is 22.6 Å². The summed E-state index contributed by atoms with van der Waals surface area (Å²) < 4.78 is 24.4. The van der Waals surface area contributed by atoms with Crippen LogP contribution in [0.15, 0.2) is 60.7 Å². The number of hydrogen-bond acceptors (Lipinski definition) is 6. The SMILES string of the molecule is [Cl][Al]1[O]c2c(CN3CCOCC3)cc3ccccc3c2-c2c(c(CN3CCOCC3)cc3ccccc23)[O]1. The molecule has 8 heteroatoms. The molecule has 0 spiro atoms. The highest BCUT2D eigenvalue weighted by Crippen LogP contribution is 2.51. The lowest BCUT2D eigenvalue weighted by atomic mass is 9.88. The van der Waals surface area contributed by atoms with E-state index in [1.807, 2.05) is 0 Å². The molecule has 0 radical (unpaired) electrons. The van der Waals surface area contributed by atoms with Crippen LogP contribution in [0.1, 0.15) is 11.1 Å². The second-order valence-corrected chi connectivity index (χ2v) is 12.3. The number of benzene rings is 4. The van der Waals surface area contributed by atoms with E-state index in [2.05, 4.69) is 70.5 Å². The van der Waals surface area contributed by atoms with Crippen LogP contribution in [0, 0.1) is 0 Å². The second-order valence-electron chi connectivity index (χ2n) is 10.2. The molecule has 4 aromatic carbocycles. The van der Waals surface area contributed by atoms with E-state index in [1.165, 1.54) is 10.8 Å². The summed E-state index contributed by atoms with van der Waals surface area (Å²) in [6.45, 7) is 8.22. The molecule has 194 valence electrons. The third kappa shape index (κ3) is 4.67. The quantitative estimate of drug-likeness (QED) is 0.324. The molecule has 3 aliphatic rings. The smallest absolute Gasteiger partial charge is 0.599 e. The maximum Gasteiger partial charge on any atom is 0.999 e. The molecule has 3 heterocycles. The number of hydrogen-bond donors (Lipinski definition) is 0. The van der Waals surface area contributed by atoms with Crippen LogP contribution in [0.4, 0.5) is 0 Å². The Kier molecular flexibility index (Phi) is 6.93. The summed E-state index contributed by atoms with van der Waals surface area (Å²) in [4.78, 5) is 4.86. The van der Waals surface area contributed by atoms with Gasteiger partial charge in [0.1, 0.15) is 0 Å². The number of nitrogens with zero attached hydrogens (tertiary/aromatic N) is 2. The van der Waals surface area contributed by atoms with E-state index in [9.17, 15) is 0 Å². The highest BCUT2D eigenvalue weighted by Gasteiger charge is 2.39. The summed E-state index contributed by atoms with van der Waals surface area (Å²) in [7, 11) is 6.94. The molecule has 0 aliphatic carbocycles. The Morgan fingerprint density at radius 1 is 0.632 bits per heavy atom. The van der Waals surface area contributed by atoms with E-state index in [-0.39, 0.29) is 0 Å². The third-order valence-corrected chi connectivity index (χ3v) is 9.20. The Bertz CT molecular complexity index is 1380. The van der Waals surface area contributed by atoms with Crippen LogP contribution in [0.5, 0.6) is 11.5 Å². The van der Waals surface area contributed by atoms with Crippen molar-refractivity contribution in [1.82, 2.24) is 9.80 Å². The van der Waals surface area contributed by atoms with Gasteiger partial charge in [-0.15, -0.1) is 0 Å². The van der Waals surface area contributed by atoms with E-state index < -0.39 is 13.9 Å². The van der Waals surface area contributed by atoms with Crippen molar-refractivity contribution < 1.29 is 17.1 Å². The van der Waals surface area contributed by atoms with E-state index in [0.717, 1.165) is 110 Å². The van der Waals surface area contributed by atoms with Gasteiger partial charge in [0.05, 0.1) is 37.9 Å². The Morgan fingerprint density at radius 3 is 1.50 bits per heavy atom. The van der Waals surface area contributed by atoms with Gasteiger partial charge < -0.3 is 17.1 Å². The maximum atomic E-state index is 6.94. The van der Waals surface area contributed by atoms with Crippen molar-refractivity contribution in [3.05, 3.63) is 71.8 Å². The summed E-state index contributed by atoms with van der Waals surface area (Å²) in [5.41, 5.74) is 4.49. The van der Waals surface area contributed by atoms with Gasteiger partial charge in [0.25, 0.3) is 0 Å². The van der Waals surface area contributed by atoms with Gasteiger partial charge in [-0.05, 0) is 33.7 Å². The van der Waals surface area contributed by atoms with E-state index in [0.29, 0.717) is 0 Å². The number of morpholine rings is 2. The molecule has 0 atom stereocenters. The van der Waals surface area contributed by atoms with Gasteiger partial charge >= 0.3 is 13.9 Å². The van der Waals surface area contributed by atoms with Crippen LogP contribution in [0.2, 0.25) is 0 Å². The summed E-state index contributed by atoms with van der Waals surface area (Å²) in [6.07, 6.45) is 0. The van der Waals surface area contributed by atoms with Crippen molar-refractivity contribution in [3.8, 4) is 22.6 Å². The molecule has 2 saturated heterocycles. The largest absolute Gasteiger partial charge is 0.999 e. The second kappa shape index (κ2) is 10.7. The van der Waals surface area contributed by atoms with E-state index in [4.69, 9.17) is 27.1 Å². The fourth-order valence-electron chi connectivity index (χ4n) is 5.98. The Balaban J connectivity index is 1.48. The van der Waals surface area contributed by atoms with Crippen molar-refractivity contribution in [2.24, 2.45) is 0 Å². The number of rotatable bonds is 4. The summed E-state index contributed by atoms with van der Waals surface area (Å²) >= 11 is -2.56. The first-order chi connectivity index (χ1) is 18.7. The number of ether oxygens (including phenoxy) is 2. The topological polar surface area (TPSA) is 43.4 Å². The van der Waals surface area contributed by atoms with Crippen molar-refractivity contribution in [2.75, 3.05) is 52.6 Å². The highest BCUT2D eigenvalue weighted by molar-refractivity contribution is 7.00. The lowest BCUT2D eigenvalue weighted by Crippen LogP contribution is -2.36. The van der Waals surface area contributed by atoms with Crippen molar-refractivity contribution >= 4 is 45.5 Å². The predicted molar refractivity (Wildman–Crippen MR) is 152 cm³/mol. The maximum absolute atomic E-state index is 6.94. The Labute approximate surface area is 231 Å². The zero-order valence-corrected chi connectivity index (χ0v) is 23.2. The Morgan fingerprint density at radius 2 is 1.05 bits per heavy atom. The minimum absolute atomic E-state index is 0.755. The summed E-state index contributed by atoms with van der Waals surface area (Å²) in [5, 5.41) is 4.71. The van der Waals surface area contributed by atoms with Crippen molar-refractivity contribution in [2.45, 2.75) is 13.1 Å². The van der Waals surface area contributed by atoms with Gasteiger partial charge in [-0.2, -0.15) is 10.0 Å². The third-order valence-electron chi connectivity index (χ3n) is 7.82. The molecule has 2 fully saturated rings. The Hall–Kier alpha value is -2.34. The molecule has 0 bridgehead atoms. The van der Waals surface area contributed by atoms with Crippen molar-refractivity contribution in [3.63, 3.8) is 0 Å². The number of fused-ring (bicyclic) bond motifs is 7. The summed E-state index contributed by atoms with van der Waals surface area (Å²) in [5.74, 6) is 1.74. The van der Waals surface area contributed by atoms with Crippen molar-refractivity contribution in [1.29, 1.82) is 0 Å². The molecule has 38 heavy (non-hydrogen) atoms. The molecule has 0 unspecified atom stereocenters. The zero-order valence-electron chi connectivity index (χ0n) is 21.3. The lowest BCUT2D eigenvalue weighted by molar-refractivity contribution is 0.0340. The minimum Gasteiger partial charge on any atom is -0.599 e. The molecule has 0 aromatic heterocycles. The molecule has 6 nitrogen and oxygen atoms in total. The van der Waals surface area contributed by atoms with Gasteiger partial charge in [0.2, 0.25) is 0 Å². The molecule has 0 amide bonds. The molecule has 7 rings (SSSR count). The first kappa shape index (κ1) is 24.7. The van der Waals surface area contributed by atoms with Gasteiger partial charge in [-0.25, -0.2) is 0 Å². The van der Waals surface area contributed by atoms with Gasteiger partial charge in [0.15, 0.2) is 0 Å². The normalized spacial score (nSPS) is 18.5. The monoisotopic (exact) mass is 544 g/mol. The molecular weight excluding hydrogens is 515 g/mol. The predicted octanol–water partition coefficient (Wildman–Crippen LogP) is 5.32. The fourth-order valence-corrected chi connectivity index (χ4v) is 7.48. The fraction of sp³-hybridized carbons (Fsp3) is 0.333. The zero-order chi connectivity index (χ0) is 25.5. The molecule has 3 aliphatic heterocycles. The van der Waals surface area contributed by atoms with Gasteiger partial charge in [-0.3, -0.25) is 9.80 Å². The average Bonchev–Trinajstić information content (AvgIpc) is 3.11. The van der Waals surface area contributed by atoms with E-state index >= 15 is 0 Å². The average molecular weight is 545 g/mol. The van der Waals surface area contributed by atoms with Crippen LogP contribution in [0.3, 0.4) is 0 Å². The van der Waals surface area contributed by atoms with Crippen LogP contribution in [-0.4, -0.2) is 76.3 Å². The summed E-state index contributed by atoms with van der Waals surface area (Å²) in [6, 6.07) is 21.7. The molecule has 4 aromatic rings.